The van der Waals surface area contributed by atoms with E-state index in [0.717, 1.165) is 5.56 Å². The van der Waals surface area contributed by atoms with Gasteiger partial charge in [0.25, 0.3) is 0 Å². The van der Waals surface area contributed by atoms with Gasteiger partial charge in [0.1, 0.15) is 5.82 Å². The van der Waals surface area contributed by atoms with E-state index in [0.29, 0.717) is 10.6 Å². The summed E-state index contributed by atoms with van der Waals surface area (Å²) in [7, 11) is 0. The van der Waals surface area contributed by atoms with Crippen LogP contribution in [0.4, 0.5) is 4.39 Å². The maximum atomic E-state index is 13.6. The van der Waals surface area contributed by atoms with Crippen molar-refractivity contribution in [1.82, 2.24) is 0 Å². The molecule has 19 heavy (non-hydrogen) atoms. The van der Waals surface area contributed by atoms with Gasteiger partial charge in [0.2, 0.25) is 0 Å². The van der Waals surface area contributed by atoms with Crippen LogP contribution in [0.1, 0.15) is 17.2 Å². The van der Waals surface area contributed by atoms with Crippen LogP contribution in [0.3, 0.4) is 0 Å². The van der Waals surface area contributed by atoms with Crippen molar-refractivity contribution < 1.29 is 9.18 Å². The molecule has 98 valence electrons. The van der Waals surface area contributed by atoms with Gasteiger partial charge in [-0.3, -0.25) is 4.79 Å². The molecule has 0 amide bonds. The smallest absolute Gasteiger partial charge is 0.158 e. The van der Waals surface area contributed by atoms with Crippen LogP contribution in [0.5, 0.6) is 0 Å². The molecule has 0 radical (unpaired) electrons. The number of carbonyl (C=O) groups is 1. The summed E-state index contributed by atoms with van der Waals surface area (Å²) in [6.45, 7) is 0. The van der Waals surface area contributed by atoms with Gasteiger partial charge in [0, 0.05) is 11.4 Å². The van der Waals surface area contributed by atoms with Crippen molar-refractivity contribution in [3.8, 4) is 0 Å². The van der Waals surface area contributed by atoms with Crippen molar-refractivity contribution in [2.75, 3.05) is 0 Å². The lowest BCUT2D eigenvalue weighted by atomic mass is 9.98. The molecule has 0 heterocycles. The Morgan fingerprint density at radius 1 is 1.21 bits per heavy atom. The number of nitrogens with two attached hydrogens (primary N) is 1. The van der Waals surface area contributed by atoms with Crippen LogP contribution < -0.4 is 5.73 Å². The van der Waals surface area contributed by atoms with Gasteiger partial charge in [-0.2, -0.15) is 0 Å². The average molecular weight is 278 g/mol. The standard InChI is InChI=1S/C15H13ClFNO/c16-12-7-6-11(13(17)9-12)8-14(19)15(18)10-4-2-1-3-5-10/h1-7,9,15H,8,18H2/t15-/m1/s1. The van der Waals surface area contributed by atoms with Gasteiger partial charge in [-0.1, -0.05) is 48.0 Å². The molecular weight excluding hydrogens is 265 g/mol. The van der Waals surface area contributed by atoms with Crippen molar-refractivity contribution in [2.45, 2.75) is 12.5 Å². The maximum absolute atomic E-state index is 13.6. The van der Waals surface area contributed by atoms with Gasteiger partial charge >= 0.3 is 0 Å². The first-order valence-electron chi connectivity index (χ1n) is 5.85. The zero-order chi connectivity index (χ0) is 13.8. The van der Waals surface area contributed by atoms with Crippen LogP contribution in [0.15, 0.2) is 48.5 Å². The number of rotatable bonds is 4. The van der Waals surface area contributed by atoms with Crippen LogP contribution >= 0.6 is 11.6 Å². The third kappa shape index (κ3) is 3.40. The van der Waals surface area contributed by atoms with E-state index in [1.165, 1.54) is 12.1 Å². The fourth-order valence-corrected chi connectivity index (χ4v) is 1.97. The van der Waals surface area contributed by atoms with Crippen LogP contribution in [0.2, 0.25) is 5.02 Å². The summed E-state index contributed by atoms with van der Waals surface area (Å²) in [6.07, 6.45) is -0.0426. The molecular formula is C15H13ClFNO. The van der Waals surface area contributed by atoms with E-state index in [-0.39, 0.29) is 12.2 Å². The summed E-state index contributed by atoms with van der Waals surface area (Å²) in [6, 6.07) is 12.5. The molecule has 0 aliphatic heterocycles. The highest BCUT2D eigenvalue weighted by Gasteiger charge is 2.17. The molecule has 2 nitrogen and oxygen atoms in total. The van der Waals surface area contributed by atoms with E-state index in [4.69, 9.17) is 17.3 Å². The Morgan fingerprint density at radius 2 is 1.89 bits per heavy atom. The number of carbonyl (C=O) groups excluding carboxylic acids is 1. The summed E-state index contributed by atoms with van der Waals surface area (Å²) in [5.74, 6) is -0.714. The third-order valence-corrected chi connectivity index (χ3v) is 3.12. The first-order chi connectivity index (χ1) is 9.08. The Morgan fingerprint density at radius 3 is 2.53 bits per heavy atom. The van der Waals surface area contributed by atoms with Crippen LogP contribution in [-0.2, 0) is 11.2 Å². The largest absolute Gasteiger partial charge is 0.318 e. The molecule has 0 unspecified atom stereocenters. The third-order valence-electron chi connectivity index (χ3n) is 2.89. The van der Waals surface area contributed by atoms with E-state index in [1.807, 2.05) is 18.2 Å². The molecule has 1 atom stereocenters. The predicted octanol–water partition coefficient (Wildman–Crippen LogP) is 3.29. The molecule has 0 aliphatic rings. The Hall–Kier alpha value is -1.71. The van der Waals surface area contributed by atoms with Crippen LogP contribution in [0.25, 0.3) is 0 Å². The Labute approximate surface area is 116 Å². The number of Topliss-reactive ketones (excluding diaryl/α,β-unsaturated/α-hetero) is 1. The lowest BCUT2D eigenvalue weighted by Crippen LogP contribution is -2.23. The normalized spacial score (nSPS) is 12.2. The van der Waals surface area contributed by atoms with E-state index in [9.17, 15) is 9.18 Å². The maximum Gasteiger partial charge on any atom is 0.158 e. The number of hydrogen-bond donors (Lipinski definition) is 1. The molecule has 2 aromatic carbocycles. The fourth-order valence-electron chi connectivity index (χ4n) is 1.81. The summed E-state index contributed by atoms with van der Waals surface area (Å²) in [5.41, 5.74) is 6.90. The van der Waals surface area contributed by atoms with Crippen LogP contribution in [-0.4, -0.2) is 5.78 Å². The monoisotopic (exact) mass is 277 g/mol. The minimum absolute atomic E-state index is 0.0426. The molecule has 0 spiro atoms. The van der Waals surface area contributed by atoms with E-state index in [1.54, 1.807) is 18.2 Å². The van der Waals surface area contributed by atoms with E-state index in [2.05, 4.69) is 0 Å². The first kappa shape index (κ1) is 13.7. The van der Waals surface area contributed by atoms with Gasteiger partial charge in [0.05, 0.1) is 6.04 Å². The second kappa shape index (κ2) is 5.95. The molecule has 0 aliphatic carbocycles. The number of ketones is 1. The first-order valence-corrected chi connectivity index (χ1v) is 6.23. The molecule has 0 saturated carbocycles. The molecule has 0 saturated heterocycles. The predicted molar refractivity (Wildman–Crippen MR) is 73.5 cm³/mol. The van der Waals surface area contributed by atoms with Crippen molar-refractivity contribution in [3.05, 3.63) is 70.5 Å². The minimum Gasteiger partial charge on any atom is -0.318 e. The second-order valence-corrected chi connectivity index (χ2v) is 4.70. The van der Waals surface area contributed by atoms with E-state index < -0.39 is 11.9 Å². The SMILES string of the molecule is N[C@@H](C(=O)Cc1ccc(Cl)cc1F)c1ccccc1. The van der Waals surface area contributed by atoms with Gasteiger partial charge < -0.3 is 5.73 Å². The van der Waals surface area contributed by atoms with Crippen molar-refractivity contribution >= 4 is 17.4 Å². The highest BCUT2D eigenvalue weighted by Crippen LogP contribution is 2.18. The summed E-state index contributed by atoms with van der Waals surface area (Å²) < 4.78 is 13.6. The lowest BCUT2D eigenvalue weighted by Gasteiger charge is -2.11. The van der Waals surface area contributed by atoms with Crippen molar-refractivity contribution in [1.29, 1.82) is 0 Å². The van der Waals surface area contributed by atoms with Gasteiger partial charge in [0.15, 0.2) is 5.78 Å². The molecule has 2 rings (SSSR count). The van der Waals surface area contributed by atoms with Gasteiger partial charge in [-0.05, 0) is 23.3 Å². The highest BCUT2D eigenvalue weighted by molar-refractivity contribution is 6.30. The number of hydrogen-bond acceptors (Lipinski definition) is 2. The zero-order valence-corrected chi connectivity index (χ0v) is 10.9. The molecule has 4 heteroatoms. The Kier molecular flexibility index (Phi) is 4.30. The van der Waals surface area contributed by atoms with Crippen molar-refractivity contribution in [3.63, 3.8) is 0 Å². The molecule has 2 N–H and O–H groups in total. The summed E-state index contributed by atoms with van der Waals surface area (Å²) in [5, 5.41) is 0.307. The molecule has 0 bridgehead atoms. The number of benzene rings is 2. The summed E-state index contributed by atoms with van der Waals surface area (Å²) >= 11 is 5.66. The van der Waals surface area contributed by atoms with Crippen molar-refractivity contribution in [2.24, 2.45) is 5.73 Å². The molecule has 2 aromatic rings. The zero-order valence-electron chi connectivity index (χ0n) is 10.1. The quantitative estimate of drug-likeness (QED) is 0.932. The highest BCUT2D eigenvalue weighted by atomic mass is 35.5. The minimum atomic E-state index is -0.740. The van der Waals surface area contributed by atoms with E-state index >= 15 is 0 Å². The van der Waals surface area contributed by atoms with Gasteiger partial charge in [-0.15, -0.1) is 0 Å². The van der Waals surface area contributed by atoms with Gasteiger partial charge in [-0.25, -0.2) is 4.39 Å². The Balaban J connectivity index is 2.13. The molecule has 0 fully saturated rings. The fraction of sp³-hybridized carbons (Fsp3) is 0.133. The lowest BCUT2D eigenvalue weighted by molar-refractivity contribution is -0.119. The van der Waals surface area contributed by atoms with Crippen LogP contribution in [0, 0.1) is 5.82 Å². The Bertz CT molecular complexity index is 586. The topological polar surface area (TPSA) is 43.1 Å². The second-order valence-electron chi connectivity index (χ2n) is 4.27. The average Bonchev–Trinajstić information content (AvgIpc) is 2.42. The molecule has 0 aromatic heterocycles. The number of halogens is 2. The summed E-state index contributed by atoms with van der Waals surface area (Å²) in [4.78, 5) is 12.0.